The highest BCUT2D eigenvalue weighted by Gasteiger charge is 2.15. The monoisotopic (exact) mass is 408 g/mol. The molecule has 1 aliphatic rings. The van der Waals surface area contributed by atoms with Crippen LogP contribution < -0.4 is 15.4 Å². The molecule has 2 N–H and O–H groups in total. The first-order chi connectivity index (χ1) is 14.1. The molecule has 0 bridgehead atoms. The van der Waals surface area contributed by atoms with Gasteiger partial charge in [0, 0.05) is 23.9 Å². The molecular weight excluding hydrogens is 388 g/mol. The number of rotatable bonds is 6. The van der Waals surface area contributed by atoms with E-state index < -0.39 is 0 Å². The first-order valence-corrected chi connectivity index (χ1v) is 10.1. The fraction of sp³-hybridized carbons (Fsp3) is 0.238. The Morgan fingerprint density at radius 2 is 1.83 bits per heavy atom. The van der Waals surface area contributed by atoms with Crippen LogP contribution in [0.4, 0.5) is 0 Å². The molecule has 0 radical (unpaired) electrons. The quantitative estimate of drug-likeness (QED) is 0.654. The zero-order chi connectivity index (χ0) is 20.2. The molecule has 0 atom stereocenters. The number of aromatic nitrogens is 2. The number of hydrogen-bond donors (Lipinski definition) is 2. The van der Waals surface area contributed by atoms with E-state index in [0.717, 1.165) is 33.7 Å². The van der Waals surface area contributed by atoms with Crippen molar-refractivity contribution in [3.8, 4) is 5.75 Å². The van der Waals surface area contributed by atoms with E-state index in [1.807, 2.05) is 36.6 Å². The van der Waals surface area contributed by atoms with Crippen molar-refractivity contribution in [2.75, 3.05) is 6.61 Å². The minimum atomic E-state index is -0.354. The minimum absolute atomic E-state index is 0.155. The number of carbonyl (C=O) groups is 2. The fourth-order valence-electron chi connectivity index (χ4n) is 3.06. The summed E-state index contributed by atoms with van der Waals surface area (Å²) in [6, 6.07) is 9.30. The minimum Gasteiger partial charge on any atom is -0.493 e. The van der Waals surface area contributed by atoms with Gasteiger partial charge in [-0.05, 0) is 41.1 Å². The van der Waals surface area contributed by atoms with Gasteiger partial charge in [0.25, 0.3) is 11.8 Å². The lowest BCUT2D eigenvalue weighted by atomic mass is 10.1. The Hall–Kier alpha value is -3.26. The number of aryl methyl sites for hydroxylation is 1. The molecule has 7 nitrogen and oxygen atoms in total. The standard InChI is InChI=1S/C21H20N4O3S/c1-13-5-7-29-19(13)11-23-21(27)17-9-16(24-12-25-17)20(26)22-10-14-2-3-18-15(8-14)4-6-28-18/h2-3,5,7-9,12H,4,6,10-11H2,1H3,(H,22,26)(H,23,27). The number of ether oxygens (including phenoxy) is 1. The fourth-order valence-corrected chi connectivity index (χ4v) is 3.91. The molecule has 0 spiro atoms. The summed E-state index contributed by atoms with van der Waals surface area (Å²) in [6.45, 7) is 3.49. The Morgan fingerprint density at radius 1 is 1.07 bits per heavy atom. The third kappa shape index (κ3) is 4.43. The Kier molecular flexibility index (Phi) is 5.53. The Labute approximate surface area is 172 Å². The lowest BCUT2D eigenvalue weighted by Gasteiger charge is -2.08. The smallest absolute Gasteiger partial charge is 0.270 e. The average molecular weight is 408 g/mol. The van der Waals surface area contributed by atoms with Crippen LogP contribution in [0, 0.1) is 6.92 Å². The maximum Gasteiger partial charge on any atom is 0.270 e. The molecule has 1 aliphatic heterocycles. The van der Waals surface area contributed by atoms with E-state index in [1.54, 1.807) is 11.3 Å². The van der Waals surface area contributed by atoms with Gasteiger partial charge in [-0.25, -0.2) is 9.97 Å². The van der Waals surface area contributed by atoms with Crippen molar-refractivity contribution in [3.63, 3.8) is 0 Å². The molecule has 3 aromatic rings. The summed E-state index contributed by atoms with van der Waals surface area (Å²) in [5, 5.41) is 7.65. The molecule has 4 rings (SSSR count). The second kappa shape index (κ2) is 8.40. The van der Waals surface area contributed by atoms with Gasteiger partial charge >= 0.3 is 0 Å². The molecule has 0 saturated carbocycles. The number of amides is 2. The molecule has 3 heterocycles. The van der Waals surface area contributed by atoms with Crippen LogP contribution in [0.1, 0.15) is 42.5 Å². The molecule has 0 fully saturated rings. The number of hydrogen-bond acceptors (Lipinski definition) is 6. The maximum absolute atomic E-state index is 12.5. The van der Waals surface area contributed by atoms with Crippen molar-refractivity contribution in [3.05, 3.63) is 75.0 Å². The highest BCUT2D eigenvalue weighted by atomic mass is 32.1. The van der Waals surface area contributed by atoms with Crippen molar-refractivity contribution >= 4 is 23.2 Å². The summed E-state index contributed by atoms with van der Waals surface area (Å²) in [6.07, 6.45) is 2.11. The second-order valence-corrected chi connectivity index (χ2v) is 7.72. The van der Waals surface area contributed by atoms with Gasteiger partial charge in [-0.1, -0.05) is 12.1 Å². The summed E-state index contributed by atoms with van der Waals surface area (Å²) in [4.78, 5) is 33.9. The molecule has 148 valence electrons. The zero-order valence-electron chi connectivity index (χ0n) is 15.9. The van der Waals surface area contributed by atoms with Gasteiger partial charge in [0.2, 0.25) is 0 Å². The number of thiophene rings is 1. The molecule has 1 aromatic carbocycles. The van der Waals surface area contributed by atoms with Crippen molar-refractivity contribution in [2.45, 2.75) is 26.4 Å². The van der Waals surface area contributed by atoms with Gasteiger partial charge in [-0.15, -0.1) is 11.3 Å². The summed E-state index contributed by atoms with van der Waals surface area (Å²) < 4.78 is 5.49. The van der Waals surface area contributed by atoms with E-state index in [2.05, 4.69) is 20.6 Å². The lowest BCUT2D eigenvalue weighted by Crippen LogP contribution is -2.27. The molecule has 0 unspecified atom stereocenters. The zero-order valence-corrected chi connectivity index (χ0v) is 16.7. The van der Waals surface area contributed by atoms with E-state index in [0.29, 0.717) is 19.7 Å². The van der Waals surface area contributed by atoms with Crippen molar-refractivity contribution in [1.29, 1.82) is 0 Å². The van der Waals surface area contributed by atoms with Crippen LogP contribution in [-0.4, -0.2) is 28.4 Å². The maximum atomic E-state index is 12.5. The lowest BCUT2D eigenvalue weighted by molar-refractivity contribution is 0.0944. The van der Waals surface area contributed by atoms with Gasteiger partial charge in [0.15, 0.2) is 0 Å². The molecular formula is C21H20N4O3S. The first kappa shape index (κ1) is 19.1. The third-order valence-electron chi connectivity index (χ3n) is 4.72. The van der Waals surface area contributed by atoms with Gasteiger partial charge < -0.3 is 15.4 Å². The third-order valence-corrected chi connectivity index (χ3v) is 5.74. The highest BCUT2D eigenvalue weighted by molar-refractivity contribution is 7.10. The Balaban J connectivity index is 1.36. The second-order valence-electron chi connectivity index (χ2n) is 6.72. The molecule has 0 saturated heterocycles. The number of fused-ring (bicyclic) bond motifs is 1. The van der Waals surface area contributed by atoms with Crippen LogP contribution in [0.2, 0.25) is 0 Å². The average Bonchev–Trinajstić information content (AvgIpc) is 3.38. The van der Waals surface area contributed by atoms with E-state index in [-0.39, 0.29) is 23.2 Å². The van der Waals surface area contributed by atoms with Gasteiger partial charge in [-0.3, -0.25) is 9.59 Å². The van der Waals surface area contributed by atoms with E-state index >= 15 is 0 Å². The van der Waals surface area contributed by atoms with E-state index in [9.17, 15) is 9.59 Å². The molecule has 0 aliphatic carbocycles. The Bertz CT molecular complexity index is 1060. The van der Waals surface area contributed by atoms with Gasteiger partial charge in [0.05, 0.1) is 13.2 Å². The highest BCUT2D eigenvalue weighted by Crippen LogP contribution is 2.25. The van der Waals surface area contributed by atoms with Crippen LogP contribution in [0.5, 0.6) is 5.75 Å². The summed E-state index contributed by atoms with van der Waals surface area (Å²) >= 11 is 1.59. The van der Waals surface area contributed by atoms with Crippen LogP contribution in [-0.2, 0) is 19.5 Å². The normalized spacial score (nSPS) is 12.2. The van der Waals surface area contributed by atoms with Crippen LogP contribution in [0.3, 0.4) is 0 Å². The molecule has 29 heavy (non-hydrogen) atoms. The number of nitrogens with one attached hydrogen (secondary N) is 2. The van der Waals surface area contributed by atoms with Crippen molar-refractivity contribution in [2.24, 2.45) is 0 Å². The molecule has 8 heteroatoms. The van der Waals surface area contributed by atoms with Crippen LogP contribution in [0.25, 0.3) is 0 Å². The number of benzene rings is 1. The van der Waals surface area contributed by atoms with Gasteiger partial charge in [-0.2, -0.15) is 0 Å². The number of nitrogens with zero attached hydrogens (tertiary/aromatic N) is 2. The Morgan fingerprint density at radius 3 is 2.55 bits per heavy atom. The molecule has 2 aromatic heterocycles. The van der Waals surface area contributed by atoms with Gasteiger partial charge in [0.1, 0.15) is 23.5 Å². The summed E-state index contributed by atoms with van der Waals surface area (Å²) in [5.41, 5.74) is 3.59. The van der Waals surface area contributed by atoms with Crippen LogP contribution in [0.15, 0.2) is 42.0 Å². The van der Waals surface area contributed by atoms with Crippen LogP contribution >= 0.6 is 11.3 Å². The van der Waals surface area contributed by atoms with Crippen molar-refractivity contribution < 1.29 is 14.3 Å². The predicted molar refractivity (Wildman–Crippen MR) is 109 cm³/mol. The summed E-state index contributed by atoms with van der Waals surface area (Å²) in [7, 11) is 0. The van der Waals surface area contributed by atoms with E-state index in [1.165, 1.54) is 12.4 Å². The SMILES string of the molecule is Cc1ccsc1CNC(=O)c1cc(C(=O)NCc2ccc3c(c2)CCO3)ncn1. The van der Waals surface area contributed by atoms with E-state index in [4.69, 9.17) is 4.74 Å². The topological polar surface area (TPSA) is 93.2 Å². The number of carbonyl (C=O) groups excluding carboxylic acids is 2. The first-order valence-electron chi connectivity index (χ1n) is 9.26. The molecule has 2 amide bonds. The largest absolute Gasteiger partial charge is 0.493 e. The summed E-state index contributed by atoms with van der Waals surface area (Å²) in [5.74, 6) is 0.212. The van der Waals surface area contributed by atoms with Crippen molar-refractivity contribution in [1.82, 2.24) is 20.6 Å². The predicted octanol–water partition coefficient (Wildman–Crippen LogP) is 2.64.